The van der Waals surface area contributed by atoms with E-state index in [0.29, 0.717) is 0 Å². The molecule has 0 bridgehead atoms. The average molecular weight is 444 g/mol. The van der Waals surface area contributed by atoms with Crippen molar-refractivity contribution in [3.63, 3.8) is 0 Å². The molecule has 4 rings (SSSR count). The van der Waals surface area contributed by atoms with Gasteiger partial charge in [-0.2, -0.15) is 0 Å². The van der Waals surface area contributed by atoms with Crippen LogP contribution in [-0.4, -0.2) is 29.3 Å². The van der Waals surface area contributed by atoms with Crippen LogP contribution < -0.4 is 10.2 Å². The largest absolute Gasteiger partial charge is 0.393 e. The third-order valence-electron chi connectivity index (χ3n) is 5.34. The van der Waals surface area contributed by atoms with Gasteiger partial charge in [-0.3, -0.25) is 4.98 Å². The summed E-state index contributed by atoms with van der Waals surface area (Å²) in [6.07, 6.45) is 3.02. The van der Waals surface area contributed by atoms with Gasteiger partial charge in [0.05, 0.1) is 17.7 Å². The third kappa shape index (κ3) is 3.98. The highest BCUT2D eigenvalue weighted by Crippen LogP contribution is 2.33. The number of benzene rings is 2. The predicted molar refractivity (Wildman–Crippen MR) is 115 cm³/mol. The van der Waals surface area contributed by atoms with Crippen LogP contribution in [0.25, 0.3) is 10.9 Å². The van der Waals surface area contributed by atoms with Crippen molar-refractivity contribution in [2.24, 2.45) is 0 Å². The Bertz CT molecular complexity index is 989. The van der Waals surface area contributed by atoms with Crippen LogP contribution in [0.2, 0.25) is 0 Å². The number of halogens is 2. The topological polar surface area (TPSA) is 48.4 Å². The number of anilines is 2. The van der Waals surface area contributed by atoms with Crippen molar-refractivity contribution < 1.29 is 9.50 Å². The van der Waals surface area contributed by atoms with Gasteiger partial charge in [-0.15, -0.1) is 0 Å². The van der Waals surface area contributed by atoms with E-state index in [-0.39, 0.29) is 18.0 Å². The summed E-state index contributed by atoms with van der Waals surface area (Å²) in [6.45, 7) is 3.60. The SMILES string of the molecule is CC(Nc1ccnc2cc(Br)ccc12)c1cc(F)ccc1N1CCC(O)CC1. The van der Waals surface area contributed by atoms with E-state index in [4.69, 9.17) is 0 Å². The van der Waals surface area contributed by atoms with E-state index < -0.39 is 0 Å². The van der Waals surface area contributed by atoms with Crippen molar-refractivity contribution in [1.29, 1.82) is 0 Å². The van der Waals surface area contributed by atoms with Crippen LogP contribution in [0.1, 0.15) is 31.4 Å². The molecule has 2 N–H and O–H groups in total. The molecule has 0 saturated carbocycles. The summed E-state index contributed by atoms with van der Waals surface area (Å²) in [6, 6.07) is 12.8. The number of pyridine rings is 1. The number of hydrogen-bond acceptors (Lipinski definition) is 4. The summed E-state index contributed by atoms with van der Waals surface area (Å²) in [7, 11) is 0. The second-order valence-electron chi connectivity index (χ2n) is 7.31. The monoisotopic (exact) mass is 443 g/mol. The molecule has 0 aliphatic carbocycles. The zero-order chi connectivity index (χ0) is 19.7. The molecule has 28 heavy (non-hydrogen) atoms. The van der Waals surface area contributed by atoms with Gasteiger partial charge >= 0.3 is 0 Å². The Hall–Kier alpha value is -2.18. The van der Waals surface area contributed by atoms with Crippen LogP contribution >= 0.6 is 15.9 Å². The maximum atomic E-state index is 14.1. The van der Waals surface area contributed by atoms with Gasteiger partial charge in [-0.1, -0.05) is 15.9 Å². The standard InChI is InChI=1S/C22H23BrFN3O/c1-14(26-20-6-9-25-21-12-15(23)2-4-18(20)21)19-13-16(24)3-5-22(19)27-10-7-17(28)8-11-27/h2-6,9,12-14,17,28H,7-8,10-11H2,1H3,(H,25,26). The minimum atomic E-state index is -0.243. The Balaban J connectivity index is 1.65. The molecule has 1 aromatic heterocycles. The molecule has 3 aromatic rings. The number of rotatable bonds is 4. The quantitative estimate of drug-likeness (QED) is 0.576. The molecule has 0 amide bonds. The lowest BCUT2D eigenvalue weighted by Crippen LogP contribution is -2.36. The van der Waals surface area contributed by atoms with Crippen molar-refractivity contribution in [2.75, 3.05) is 23.3 Å². The van der Waals surface area contributed by atoms with Crippen LogP contribution in [0, 0.1) is 5.82 Å². The van der Waals surface area contributed by atoms with E-state index in [0.717, 1.165) is 58.2 Å². The Morgan fingerprint density at radius 2 is 1.96 bits per heavy atom. The summed E-state index contributed by atoms with van der Waals surface area (Å²) < 4.78 is 15.1. The van der Waals surface area contributed by atoms with E-state index >= 15 is 0 Å². The first kappa shape index (κ1) is 19.2. The fraction of sp³-hybridized carbons (Fsp3) is 0.318. The number of aromatic nitrogens is 1. The van der Waals surface area contributed by atoms with E-state index in [1.165, 1.54) is 6.07 Å². The summed E-state index contributed by atoms with van der Waals surface area (Å²) in [4.78, 5) is 6.67. The Morgan fingerprint density at radius 1 is 1.18 bits per heavy atom. The Morgan fingerprint density at radius 3 is 2.75 bits per heavy atom. The van der Waals surface area contributed by atoms with E-state index in [9.17, 15) is 9.50 Å². The minimum Gasteiger partial charge on any atom is -0.393 e. The first-order valence-electron chi connectivity index (χ1n) is 9.54. The maximum Gasteiger partial charge on any atom is 0.123 e. The van der Waals surface area contributed by atoms with Gasteiger partial charge in [0.15, 0.2) is 0 Å². The molecule has 1 aliphatic heterocycles. The van der Waals surface area contributed by atoms with Crippen LogP contribution in [0.5, 0.6) is 0 Å². The van der Waals surface area contributed by atoms with Crippen LogP contribution in [-0.2, 0) is 0 Å². The number of piperidine rings is 1. The first-order chi connectivity index (χ1) is 13.5. The molecular formula is C22H23BrFN3O. The number of hydrogen-bond donors (Lipinski definition) is 2. The molecule has 2 heterocycles. The highest BCUT2D eigenvalue weighted by molar-refractivity contribution is 9.10. The highest BCUT2D eigenvalue weighted by atomic mass is 79.9. The molecule has 146 valence electrons. The molecule has 0 spiro atoms. The first-order valence-corrected chi connectivity index (χ1v) is 10.3. The zero-order valence-corrected chi connectivity index (χ0v) is 17.3. The molecule has 2 aromatic carbocycles. The lowest BCUT2D eigenvalue weighted by Gasteiger charge is -2.34. The molecule has 1 fully saturated rings. The van der Waals surface area contributed by atoms with E-state index in [1.54, 1.807) is 12.3 Å². The van der Waals surface area contributed by atoms with Crippen molar-refractivity contribution in [3.05, 3.63) is 64.5 Å². The third-order valence-corrected chi connectivity index (χ3v) is 5.83. The fourth-order valence-corrected chi connectivity index (χ4v) is 4.17. The summed E-state index contributed by atoms with van der Waals surface area (Å²) in [5, 5.41) is 14.4. The molecule has 6 heteroatoms. The van der Waals surface area contributed by atoms with Gasteiger partial charge < -0.3 is 15.3 Å². The Labute approximate surface area is 172 Å². The van der Waals surface area contributed by atoms with E-state index in [2.05, 4.69) is 31.1 Å². The van der Waals surface area contributed by atoms with E-state index in [1.807, 2.05) is 37.3 Å². The molecule has 0 radical (unpaired) electrons. The van der Waals surface area contributed by atoms with Crippen LogP contribution in [0.3, 0.4) is 0 Å². The maximum absolute atomic E-state index is 14.1. The highest BCUT2D eigenvalue weighted by Gasteiger charge is 2.22. The lowest BCUT2D eigenvalue weighted by molar-refractivity contribution is 0.145. The van der Waals surface area contributed by atoms with Crippen molar-refractivity contribution in [3.8, 4) is 0 Å². The smallest absolute Gasteiger partial charge is 0.123 e. The number of nitrogens with one attached hydrogen (secondary N) is 1. The summed E-state index contributed by atoms with van der Waals surface area (Å²) in [5.41, 5.74) is 3.80. The molecule has 4 nitrogen and oxygen atoms in total. The number of fused-ring (bicyclic) bond motifs is 1. The fourth-order valence-electron chi connectivity index (χ4n) is 3.83. The zero-order valence-electron chi connectivity index (χ0n) is 15.7. The van der Waals surface area contributed by atoms with Crippen LogP contribution in [0.4, 0.5) is 15.8 Å². The number of aliphatic hydroxyl groups is 1. The summed E-state index contributed by atoms with van der Waals surface area (Å²) in [5.74, 6) is -0.243. The van der Waals surface area contributed by atoms with Gasteiger partial charge in [-0.25, -0.2) is 4.39 Å². The van der Waals surface area contributed by atoms with Crippen molar-refractivity contribution >= 4 is 38.2 Å². The molecule has 1 unspecified atom stereocenters. The van der Waals surface area contributed by atoms with Crippen molar-refractivity contribution in [1.82, 2.24) is 4.98 Å². The normalized spacial score (nSPS) is 16.4. The van der Waals surface area contributed by atoms with Crippen LogP contribution in [0.15, 0.2) is 53.1 Å². The number of nitrogens with zero attached hydrogens (tertiary/aromatic N) is 2. The van der Waals surface area contributed by atoms with Gasteiger partial charge in [0.2, 0.25) is 0 Å². The predicted octanol–water partition coefficient (Wildman–Crippen LogP) is 5.27. The molecule has 1 aliphatic rings. The minimum absolute atomic E-state index is 0.0909. The molecular weight excluding hydrogens is 421 g/mol. The second-order valence-corrected chi connectivity index (χ2v) is 8.22. The van der Waals surface area contributed by atoms with Gasteiger partial charge in [-0.05, 0) is 62.2 Å². The number of aliphatic hydroxyl groups excluding tert-OH is 1. The van der Waals surface area contributed by atoms with Crippen molar-refractivity contribution in [2.45, 2.75) is 31.9 Å². The molecule has 1 atom stereocenters. The Kier molecular flexibility index (Phi) is 5.51. The average Bonchev–Trinajstić information content (AvgIpc) is 2.68. The second kappa shape index (κ2) is 8.05. The molecule has 1 saturated heterocycles. The van der Waals surface area contributed by atoms with Gasteiger partial charge in [0.25, 0.3) is 0 Å². The van der Waals surface area contributed by atoms with Gasteiger partial charge in [0.1, 0.15) is 5.82 Å². The van der Waals surface area contributed by atoms with Gasteiger partial charge in [0, 0.05) is 46.1 Å². The lowest BCUT2D eigenvalue weighted by atomic mass is 10.0. The summed E-state index contributed by atoms with van der Waals surface area (Å²) >= 11 is 3.48.